The van der Waals surface area contributed by atoms with Gasteiger partial charge < -0.3 is 0 Å². The van der Waals surface area contributed by atoms with Crippen LogP contribution in [0, 0.1) is 0 Å². The minimum atomic E-state index is -0.967. The van der Waals surface area contributed by atoms with Crippen molar-refractivity contribution in [1.29, 1.82) is 0 Å². The molecule has 0 aliphatic rings. The lowest BCUT2D eigenvalue weighted by molar-refractivity contribution is 0.592. The molecule has 0 fully saturated rings. The highest BCUT2D eigenvalue weighted by Crippen LogP contribution is 2.10. The Kier molecular flexibility index (Phi) is 24.6. The first-order valence-electron chi connectivity index (χ1n) is 12.8. The van der Waals surface area contributed by atoms with E-state index >= 15 is 0 Å². The lowest BCUT2D eigenvalue weighted by Crippen LogP contribution is -2.01. The first kappa shape index (κ1) is 27.8. The molecule has 0 aromatic carbocycles. The van der Waals surface area contributed by atoms with Gasteiger partial charge in [-0.1, -0.05) is 97.8 Å². The van der Waals surface area contributed by atoms with Gasteiger partial charge in [-0.3, -0.25) is 0 Å². The topological polar surface area (TPSA) is 0 Å². The molecule has 0 saturated carbocycles. The number of hydrogen-bond donors (Lipinski definition) is 0. The highest BCUT2D eigenvalue weighted by Gasteiger charge is 2.04. The lowest BCUT2D eigenvalue weighted by atomic mass is 10.1. The smallest absolute Gasteiger partial charge is 0.140 e. The molecule has 0 radical (unpaired) electrons. The minimum absolute atomic E-state index is 0.967. The molecule has 0 aromatic rings. The average molecular weight is 403 g/mol. The van der Waals surface area contributed by atoms with E-state index in [1.165, 1.54) is 116 Å². The monoisotopic (exact) mass is 402 g/mol. The van der Waals surface area contributed by atoms with E-state index in [9.17, 15) is 0 Å². The van der Waals surface area contributed by atoms with Crippen molar-refractivity contribution < 1.29 is 0 Å². The van der Waals surface area contributed by atoms with Gasteiger partial charge in [-0.25, -0.2) is 0 Å². The molecule has 28 heavy (non-hydrogen) atoms. The Bertz CT molecular complexity index is 344. The van der Waals surface area contributed by atoms with Crippen LogP contribution in [0.5, 0.6) is 0 Å². The third-order valence-corrected chi connectivity index (χ3v) is 7.65. The van der Waals surface area contributed by atoms with Crippen molar-refractivity contribution in [1.82, 2.24) is 0 Å². The van der Waals surface area contributed by atoms with Gasteiger partial charge in [0.25, 0.3) is 0 Å². The van der Waals surface area contributed by atoms with E-state index in [0.29, 0.717) is 0 Å². The van der Waals surface area contributed by atoms with Gasteiger partial charge in [0.2, 0.25) is 0 Å². The molecule has 0 N–H and O–H groups in total. The molecule has 0 spiro atoms. The molecule has 0 heterocycles. The molecule has 1 heteroatoms. The van der Waals surface area contributed by atoms with Crippen molar-refractivity contribution in [2.75, 3.05) is 0 Å². The minimum Gasteiger partial charge on any atom is -0.140 e. The number of unbranched alkanes of at least 4 members (excludes halogenated alkanes) is 15. The summed E-state index contributed by atoms with van der Waals surface area (Å²) in [5, 5.41) is 0. The van der Waals surface area contributed by atoms with E-state index in [2.05, 4.69) is 53.8 Å². The van der Waals surface area contributed by atoms with Crippen molar-refractivity contribution >= 4 is 14.1 Å². The summed E-state index contributed by atoms with van der Waals surface area (Å²) in [4.78, 5) is 7.70. The second kappa shape index (κ2) is 24.8. The second-order valence-corrected chi connectivity index (χ2v) is 10.8. The van der Waals surface area contributed by atoms with E-state index < -0.39 is 14.1 Å². The van der Waals surface area contributed by atoms with Crippen LogP contribution in [0.15, 0.2) is 33.0 Å². The van der Waals surface area contributed by atoms with Gasteiger partial charge in [0.05, 0.1) is 0 Å². The third-order valence-electron chi connectivity index (χ3n) is 5.50. The van der Waals surface area contributed by atoms with Crippen molar-refractivity contribution in [3.8, 4) is 0 Å². The molecule has 0 atom stereocenters. The molecule has 0 nitrogen and oxygen atoms in total. The fourth-order valence-electron chi connectivity index (χ4n) is 3.55. The van der Waals surface area contributed by atoms with Crippen molar-refractivity contribution in [2.45, 2.75) is 136 Å². The van der Waals surface area contributed by atoms with Crippen molar-refractivity contribution in [2.24, 2.45) is 0 Å². The predicted molar refractivity (Wildman–Crippen MR) is 133 cm³/mol. The molecule has 0 bridgehead atoms. The molecular formula is C27H51Al. The summed E-state index contributed by atoms with van der Waals surface area (Å²) in [6.07, 6.45) is 32.2. The highest BCUT2D eigenvalue weighted by molar-refractivity contribution is 6.74. The summed E-state index contributed by atoms with van der Waals surface area (Å²) in [6.45, 7) is 6.88. The summed E-state index contributed by atoms with van der Waals surface area (Å²) in [7, 11) is 0. The maximum absolute atomic E-state index is 2.57. The molecule has 0 aromatic heterocycles. The van der Waals surface area contributed by atoms with Crippen LogP contribution in [0.3, 0.4) is 0 Å². The van der Waals surface area contributed by atoms with Crippen LogP contribution in [0.4, 0.5) is 0 Å². The van der Waals surface area contributed by atoms with Gasteiger partial charge in [0.15, 0.2) is 0 Å². The number of rotatable bonds is 21. The van der Waals surface area contributed by atoms with Crippen LogP contribution in [0.2, 0.25) is 0 Å². The van der Waals surface area contributed by atoms with Gasteiger partial charge in [-0.2, -0.15) is 0 Å². The van der Waals surface area contributed by atoms with E-state index in [0.717, 1.165) is 0 Å². The third kappa shape index (κ3) is 22.0. The fraction of sp³-hybridized carbons (Fsp3) is 0.778. The van der Waals surface area contributed by atoms with Gasteiger partial charge in [-0.15, -0.1) is 33.0 Å². The highest BCUT2D eigenvalue weighted by atomic mass is 27.2. The summed E-state index contributed by atoms with van der Waals surface area (Å²) in [5.74, 6) is 0. The zero-order valence-electron chi connectivity index (χ0n) is 19.8. The normalized spacial score (nSPS) is 12.1. The van der Waals surface area contributed by atoms with Crippen LogP contribution >= 0.6 is 0 Å². The van der Waals surface area contributed by atoms with Crippen LogP contribution in [-0.2, 0) is 0 Å². The largest absolute Gasteiger partial charge is 0.358 e. The molecule has 0 rings (SSSR count). The average Bonchev–Trinajstić information content (AvgIpc) is 2.71. The van der Waals surface area contributed by atoms with Crippen LogP contribution in [-0.4, -0.2) is 14.1 Å². The van der Waals surface area contributed by atoms with E-state index in [-0.39, 0.29) is 0 Å². The van der Waals surface area contributed by atoms with Crippen LogP contribution in [0.25, 0.3) is 0 Å². The van der Waals surface area contributed by atoms with Gasteiger partial charge in [-0.05, 0) is 38.5 Å². The van der Waals surface area contributed by atoms with Crippen LogP contribution in [0.1, 0.15) is 136 Å². The molecular weight excluding hydrogens is 351 g/mol. The Balaban J connectivity index is 4.12. The maximum atomic E-state index is 2.57. The van der Waals surface area contributed by atoms with Crippen molar-refractivity contribution in [3.05, 3.63) is 33.0 Å². The van der Waals surface area contributed by atoms with Gasteiger partial charge in [0.1, 0.15) is 0 Å². The molecule has 0 amide bonds. The predicted octanol–water partition coefficient (Wildman–Crippen LogP) is 9.85. The zero-order valence-corrected chi connectivity index (χ0v) is 20.9. The van der Waals surface area contributed by atoms with Gasteiger partial charge in [0, 0.05) is 0 Å². The Labute approximate surface area is 183 Å². The first-order chi connectivity index (χ1) is 13.8. The molecule has 0 unspecified atom stereocenters. The summed E-state index contributed by atoms with van der Waals surface area (Å²) < 4.78 is 0. The zero-order chi connectivity index (χ0) is 20.5. The molecule has 0 saturated heterocycles. The standard InChI is InChI=1S/C11H21.2C8H15.Al/c1-3-5-7-9-11-10-8-6-4-2;2*1-3-5-7-8-6-4-2;/h1,3H,4-11H2,2H3;2*1,3H,4-8H2,2H3;. The first-order valence-corrected chi connectivity index (χ1v) is 14.8. The summed E-state index contributed by atoms with van der Waals surface area (Å²) in [5.41, 5.74) is 0. The Hall–Kier alpha value is -0.248. The summed E-state index contributed by atoms with van der Waals surface area (Å²) in [6, 6.07) is 0. The molecule has 0 aliphatic carbocycles. The second-order valence-electron chi connectivity index (χ2n) is 8.47. The lowest BCUT2D eigenvalue weighted by Gasteiger charge is -2.00. The van der Waals surface area contributed by atoms with Crippen LogP contribution < -0.4 is 0 Å². The quantitative estimate of drug-likeness (QED) is 0.132. The molecule has 0 aliphatic heterocycles. The number of hydrogen-bond acceptors (Lipinski definition) is 0. The summed E-state index contributed by atoms with van der Waals surface area (Å²) >= 11 is -0.967. The Morgan fingerprint density at radius 2 is 0.679 bits per heavy atom. The maximum Gasteiger partial charge on any atom is 0.358 e. The Morgan fingerprint density at radius 1 is 0.393 bits per heavy atom. The van der Waals surface area contributed by atoms with Crippen molar-refractivity contribution in [3.63, 3.8) is 0 Å². The van der Waals surface area contributed by atoms with E-state index in [4.69, 9.17) is 0 Å². The Morgan fingerprint density at radius 3 is 1.04 bits per heavy atom. The SMILES string of the molecule is CCCCCCC=[CH][Al]([CH]=CCCCCCC)[CH]=CCCCCCCCCC. The molecule has 162 valence electrons. The number of allylic oxidation sites excluding steroid dienone is 3. The van der Waals surface area contributed by atoms with Gasteiger partial charge >= 0.3 is 14.1 Å². The van der Waals surface area contributed by atoms with E-state index in [1.807, 2.05) is 0 Å². The van der Waals surface area contributed by atoms with E-state index in [1.54, 1.807) is 0 Å². The fourth-order valence-corrected chi connectivity index (χ4v) is 5.45.